The Morgan fingerprint density at radius 3 is 2.44 bits per heavy atom. The van der Waals surface area contributed by atoms with Crippen molar-refractivity contribution in [3.63, 3.8) is 0 Å². The van der Waals surface area contributed by atoms with Crippen LogP contribution in [0.4, 0.5) is 22.4 Å². The van der Waals surface area contributed by atoms with E-state index >= 15 is 0 Å². The van der Waals surface area contributed by atoms with E-state index in [1.807, 2.05) is 4.90 Å². The number of halogens is 4. The fraction of sp³-hybridized carbons (Fsp3) is 0.381. The second-order valence-electron chi connectivity index (χ2n) is 7.54. The van der Waals surface area contributed by atoms with E-state index in [-0.39, 0.29) is 29.6 Å². The number of amides is 2. The normalized spacial score (nSPS) is 15.3. The molecule has 1 N–H and O–H groups in total. The number of pyridine rings is 1. The summed E-state index contributed by atoms with van der Waals surface area (Å²) < 4.78 is 54.3. The van der Waals surface area contributed by atoms with Crippen molar-refractivity contribution < 1.29 is 22.4 Å². The van der Waals surface area contributed by atoms with Crippen LogP contribution in [0.5, 0.6) is 0 Å². The van der Waals surface area contributed by atoms with E-state index < -0.39 is 12.0 Å². The third-order valence-corrected chi connectivity index (χ3v) is 5.41. The van der Waals surface area contributed by atoms with Gasteiger partial charge in [0.25, 0.3) is 0 Å². The lowest BCUT2D eigenvalue weighted by Gasteiger charge is -2.34. The number of imidazole rings is 1. The van der Waals surface area contributed by atoms with Crippen LogP contribution in [0.1, 0.15) is 11.4 Å². The molecule has 7 nitrogen and oxygen atoms in total. The van der Waals surface area contributed by atoms with E-state index in [0.717, 1.165) is 10.1 Å². The minimum absolute atomic E-state index is 0.0963. The van der Waals surface area contributed by atoms with Crippen molar-refractivity contribution in [3.8, 4) is 0 Å². The van der Waals surface area contributed by atoms with Gasteiger partial charge in [-0.05, 0) is 29.8 Å². The second-order valence-corrected chi connectivity index (χ2v) is 7.54. The molecule has 0 saturated carbocycles. The first-order valence-corrected chi connectivity index (χ1v) is 10.2. The third kappa shape index (κ3) is 4.98. The summed E-state index contributed by atoms with van der Waals surface area (Å²) in [5, 5.41) is 2.80. The van der Waals surface area contributed by atoms with Gasteiger partial charge in [-0.1, -0.05) is 12.1 Å². The minimum Gasteiger partial charge on any atom is -0.334 e. The number of urea groups is 1. The summed E-state index contributed by atoms with van der Waals surface area (Å²) in [4.78, 5) is 23.8. The molecule has 1 aliphatic rings. The van der Waals surface area contributed by atoms with Crippen molar-refractivity contribution in [2.24, 2.45) is 0 Å². The molecule has 11 heteroatoms. The summed E-state index contributed by atoms with van der Waals surface area (Å²) in [7, 11) is 0. The van der Waals surface area contributed by atoms with Crippen LogP contribution in [-0.2, 0) is 19.3 Å². The van der Waals surface area contributed by atoms with Crippen LogP contribution in [0.2, 0.25) is 0 Å². The molecule has 0 bridgehead atoms. The van der Waals surface area contributed by atoms with Gasteiger partial charge in [0.2, 0.25) is 5.82 Å². The molecule has 3 heterocycles. The number of fused-ring (bicyclic) bond motifs is 1. The molecule has 1 aliphatic heterocycles. The van der Waals surface area contributed by atoms with Crippen LogP contribution >= 0.6 is 0 Å². The predicted octanol–water partition coefficient (Wildman–Crippen LogP) is 3.12. The number of alkyl halides is 3. The van der Waals surface area contributed by atoms with Crippen molar-refractivity contribution >= 4 is 17.2 Å². The van der Waals surface area contributed by atoms with Crippen LogP contribution < -0.4 is 5.32 Å². The van der Waals surface area contributed by atoms with Gasteiger partial charge in [-0.15, -0.1) is 0 Å². The summed E-state index contributed by atoms with van der Waals surface area (Å²) in [6, 6.07) is 8.73. The average Bonchev–Trinajstić information content (AvgIpc) is 3.17. The molecular formula is C21H22F4N6O. The van der Waals surface area contributed by atoms with Gasteiger partial charge in [0, 0.05) is 52.0 Å². The molecule has 1 aromatic carbocycles. The zero-order valence-corrected chi connectivity index (χ0v) is 17.1. The number of carbonyl (C=O) groups excluding carboxylic acids is 1. The van der Waals surface area contributed by atoms with E-state index in [2.05, 4.69) is 15.3 Å². The Kier molecular flexibility index (Phi) is 6.26. The number of aromatic nitrogens is 3. The fourth-order valence-corrected chi connectivity index (χ4v) is 3.69. The highest BCUT2D eigenvalue weighted by molar-refractivity contribution is 5.74. The maximum atomic E-state index is 13.4. The van der Waals surface area contributed by atoms with Gasteiger partial charge >= 0.3 is 12.2 Å². The standard InChI is InChI=1S/C21H22F4N6O/c22-16-5-3-15(4-6-16)14-27-20(32)30-11-8-29(9-12-30)10-13-31-18-17(2-1-7-26-18)28-19(31)21(23,24)25/h1-7H,8-14H2,(H,27,32). The summed E-state index contributed by atoms with van der Waals surface area (Å²) in [5.41, 5.74) is 1.21. The van der Waals surface area contributed by atoms with Crippen molar-refractivity contribution in [2.45, 2.75) is 19.3 Å². The Hall–Kier alpha value is -3.21. The molecule has 0 spiro atoms. The largest absolute Gasteiger partial charge is 0.449 e. The lowest BCUT2D eigenvalue weighted by Crippen LogP contribution is -2.52. The molecular weight excluding hydrogens is 428 g/mol. The summed E-state index contributed by atoms with van der Waals surface area (Å²) in [6.07, 6.45) is -3.12. The first kappa shape index (κ1) is 22.0. The molecule has 0 radical (unpaired) electrons. The Morgan fingerprint density at radius 2 is 1.75 bits per heavy atom. The highest BCUT2D eigenvalue weighted by Crippen LogP contribution is 2.30. The molecule has 1 saturated heterocycles. The van der Waals surface area contributed by atoms with E-state index in [0.29, 0.717) is 39.3 Å². The van der Waals surface area contributed by atoms with Gasteiger partial charge in [0.05, 0.1) is 0 Å². The number of nitrogens with one attached hydrogen (secondary N) is 1. The zero-order valence-electron chi connectivity index (χ0n) is 17.1. The molecule has 4 rings (SSSR count). The molecule has 1 fully saturated rings. The van der Waals surface area contributed by atoms with Crippen molar-refractivity contribution in [3.05, 3.63) is 59.8 Å². The topological polar surface area (TPSA) is 66.3 Å². The average molecular weight is 450 g/mol. The summed E-state index contributed by atoms with van der Waals surface area (Å²) in [6.45, 7) is 2.79. The van der Waals surface area contributed by atoms with E-state index in [4.69, 9.17) is 0 Å². The van der Waals surface area contributed by atoms with Gasteiger partial charge < -0.3 is 14.8 Å². The van der Waals surface area contributed by atoms with Crippen molar-refractivity contribution in [1.29, 1.82) is 0 Å². The fourth-order valence-electron chi connectivity index (χ4n) is 3.69. The summed E-state index contributed by atoms with van der Waals surface area (Å²) >= 11 is 0. The van der Waals surface area contributed by atoms with Crippen LogP contribution in [0.15, 0.2) is 42.6 Å². The number of piperazine rings is 1. The lowest BCUT2D eigenvalue weighted by atomic mass is 10.2. The molecule has 0 unspecified atom stereocenters. The van der Waals surface area contributed by atoms with Gasteiger partial charge in [-0.25, -0.2) is 19.2 Å². The zero-order chi connectivity index (χ0) is 22.7. The second kappa shape index (κ2) is 9.11. The van der Waals surface area contributed by atoms with E-state index in [1.165, 1.54) is 24.4 Å². The quantitative estimate of drug-likeness (QED) is 0.607. The Morgan fingerprint density at radius 1 is 1.03 bits per heavy atom. The molecule has 32 heavy (non-hydrogen) atoms. The van der Waals surface area contributed by atoms with Crippen molar-refractivity contribution in [2.75, 3.05) is 32.7 Å². The molecule has 2 aromatic heterocycles. The van der Waals surface area contributed by atoms with Gasteiger partial charge in [-0.2, -0.15) is 13.2 Å². The van der Waals surface area contributed by atoms with Gasteiger partial charge in [0.1, 0.15) is 11.3 Å². The molecule has 0 atom stereocenters. The maximum absolute atomic E-state index is 13.4. The molecule has 170 valence electrons. The third-order valence-electron chi connectivity index (χ3n) is 5.41. The van der Waals surface area contributed by atoms with Crippen LogP contribution in [0.25, 0.3) is 11.2 Å². The number of carbonyl (C=O) groups is 1. The monoisotopic (exact) mass is 450 g/mol. The number of rotatable bonds is 5. The Labute approximate surface area is 181 Å². The smallest absolute Gasteiger partial charge is 0.334 e. The molecule has 2 amide bonds. The lowest BCUT2D eigenvalue weighted by molar-refractivity contribution is -0.147. The number of hydrogen-bond acceptors (Lipinski definition) is 4. The Bertz CT molecular complexity index is 1070. The predicted molar refractivity (Wildman–Crippen MR) is 109 cm³/mol. The minimum atomic E-state index is -4.57. The highest BCUT2D eigenvalue weighted by Gasteiger charge is 2.38. The van der Waals surface area contributed by atoms with Crippen LogP contribution in [0, 0.1) is 5.82 Å². The number of nitrogens with zero attached hydrogens (tertiary/aromatic N) is 5. The first-order valence-electron chi connectivity index (χ1n) is 10.2. The van der Waals surface area contributed by atoms with E-state index in [1.54, 1.807) is 23.1 Å². The Balaban J connectivity index is 1.30. The van der Waals surface area contributed by atoms with Gasteiger partial charge in [0.15, 0.2) is 5.65 Å². The van der Waals surface area contributed by atoms with Crippen molar-refractivity contribution in [1.82, 2.24) is 29.7 Å². The van der Waals surface area contributed by atoms with Crippen LogP contribution in [0.3, 0.4) is 0 Å². The highest BCUT2D eigenvalue weighted by atomic mass is 19.4. The van der Waals surface area contributed by atoms with Gasteiger partial charge in [-0.3, -0.25) is 4.90 Å². The van der Waals surface area contributed by atoms with Crippen LogP contribution in [-0.4, -0.2) is 63.1 Å². The summed E-state index contributed by atoms with van der Waals surface area (Å²) in [5.74, 6) is -1.29. The molecule has 3 aromatic rings. The maximum Gasteiger partial charge on any atom is 0.449 e. The first-order chi connectivity index (χ1) is 15.3. The number of benzene rings is 1. The SMILES string of the molecule is O=C(NCc1ccc(F)cc1)N1CCN(CCn2c(C(F)(F)F)nc3cccnc32)CC1. The number of hydrogen-bond donors (Lipinski definition) is 1. The molecule has 0 aliphatic carbocycles. The van der Waals surface area contributed by atoms with E-state index in [9.17, 15) is 22.4 Å².